The molecule has 120 valence electrons. The molecule has 5 heteroatoms. The van der Waals surface area contributed by atoms with Crippen LogP contribution in [0.5, 0.6) is 0 Å². The maximum absolute atomic E-state index is 3.45. The number of aromatic nitrogens is 2. The molecule has 0 saturated carbocycles. The quantitative estimate of drug-likeness (QED) is 0.202. The second-order valence-electron chi connectivity index (χ2n) is 5.40. The van der Waals surface area contributed by atoms with Gasteiger partial charge in [-0.25, -0.2) is 9.13 Å². The first-order valence-electron chi connectivity index (χ1n) is 8.40. The minimum atomic E-state index is 0.960. The van der Waals surface area contributed by atoms with E-state index >= 15 is 0 Å². The Morgan fingerprint density at radius 2 is 2.00 bits per heavy atom. The summed E-state index contributed by atoms with van der Waals surface area (Å²) in [6.45, 7) is 10.6. The topological polar surface area (TPSA) is 46.8 Å². The number of nitrogens with zero attached hydrogens (tertiary/aromatic N) is 2. The Labute approximate surface area is 129 Å². The zero-order chi connectivity index (χ0) is 15.2. The highest BCUT2D eigenvalue weighted by atomic mass is 15.1. The Morgan fingerprint density at radius 3 is 2.81 bits per heavy atom. The van der Waals surface area contributed by atoms with Crippen molar-refractivity contribution in [1.82, 2.24) is 15.2 Å². The monoisotopic (exact) mass is 295 g/mol. The molecule has 0 atom stereocenters. The lowest BCUT2D eigenvalue weighted by Gasteiger charge is -2.00. The van der Waals surface area contributed by atoms with Crippen LogP contribution < -0.4 is 20.2 Å². The van der Waals surface area contributed by atoms with E-state index < -0.39 is 0 Å². The first kappa shape index (κ1) is 17.7. The molecular formula is C16H33N5+2. The van der Waals surface area contributed by atoms with Crippen LogP contribution in [0.3, 0.4) is 0 Å². The summed E-state index contributed by atoms with van der Waals surface area (Å²) >= 11 is 0. The summed E-state index contributed by atoms with van der Waals surface area (Å²) in [7, 11) is 0. The molecular weight excluding hydrogens is 262 g/mol. The number of nitrogens with one attached hydrogen (secondary N) is 3. The van der Waals surface area contributed by atoms with Gasteiger partial charge in [0.15, 0.2) is 0 Å². The molecule has 0 unspecified atom stereocenters. The molecule has 3 N–H and O–H groups in total. The van der Waals surface area contributed by atoms with Crippen LogP contribution in [0.2, 0.25) is 0 Å². The van der Waals surface area contributed by atoms with Gasteiger partial charge in [0, 0.05) is 13.1 Å². The maximum atomic E-state index is 3.45. The van der Waals surface area contributed by atoms with Gasteiger partial charge in [0.2, 0.25) is 12.7 Å². The normalized spacial score (nSPS) is 11.3. The molecule has 0 aromatic carbocycles. The van der Waals surface area contributed by atoms with Crippen LogP contribution in [0.1, 0.15) is 39.5 Å². The van der Waals surface area contributed by atoms with Crippen molar-refractivity contribution < 1.29 is 9.56 Å². The SMILES string of the molecule is CCCC[NH+]=CNCCNCCn1cc[n+](CCCC)c1. The highest BCUT2D eigenvalue weighted by Crippen LogP contribution is 1.88. The van der Waals surface area contributed by atoms with E-state index in [1.807, 2.05) is 6.34 Å². The summed E-state index contributed by atoms with van der Waals surface area (Å²) in [6.07, 6.45) is 13.4. The van der Waals surface area contributed by atoms with Crippen LogP contribution in [0, 0.1) is 0 Å². The molecule has 0 amide bonds. The van der Waals surface area contributed by atoms with Crippen molar-refractivity contribution in [2.45, 2.75) is 52.6 Å². The molecule has 0 aliphatic heterocycles. The molecule has 0 aliphatic carbocycles. The number of hydrogen-bond donors (Lipinski definition) is 3. The molecule has 1 aromatic heterocycles. The summed E-state index contributed by atoms with van der Waals surface area (Å²) in [4.78, 5) is 3.25. The minimum Gasteiger partial charge on any atom is -0.309 e. The summed E-state index contributed by atoms with van der Waals surface area (Å²) in [5.41, 5.74) is 0. The predicted molar refractivity (Wildman–Crippen MR) is 87.2 cm³/mol. The Kier molecular flexibility index (Phi) is 10.4. The zero-order valence-corrected chi connectivity index (χ0v) is 13.8. The third kappa shape index (κ3) is 9.24. The standard InChI is InChI=1S/C16H32N5/c1-3-5-7-18-15-19-9-8-17-10-12-21-14-13-20(16-21)11-6-4-2/h13-17H,3-12H2,1-2H3,(H,18,19)/q+1/p+1. The average Bonchev–Trinajstić information content (AvgIpc) is 2.95. The van der Waals surface area contributed by atoms with Crippen molar-refractivity contribution in [1.29, 1.82) is 0 Å². The number of rotatable bonds is 13. The molecule has 0 fully saturated rings. The summed E-state index contributed by atoms with van der Waals surface area (Å²) in [5.74, 6) is 0. The molecule has 5 nitrogen and oxygen atoms in total. The van der Waals surface area contributed by atoms with Crippen LogP contribution >= 0.6 is 0 Å². The van der Waals surface area contributed by atoms with Gasteiger partial charge < -0.3 is 5.32 Å². The van der Waals surface area contributed by atoms with Gasteiger partial charge in [-0.15, -0.1) is 0 Å². The van der Waals surface area contributed by atoms with Gasteiger partial charge in [-0.05, 0) is 12.8 Å². The summed E-state index contributed by atoms with van der Waals surface area (Å²) in [6, 6.07) is 0. The van der Waals surface area contributed by atoms with Gasteiger partial charge in [-0.2, -0.15) is 0 Å². The molecule has 1 heterocycles. The first-order valence-corrected chi connectivity index (χ1v) is 8.40. The third-order valence-electron chi connectivity index (χ3n) is 3.39. The lowest BCUT2D eigenvalue weighted by atomic mass is 10.3. The van der Waals surface area contributed by atoms with Crippen LogP contribution in [0.15, 0.2) is 18.7 Å². The average molecular weight is 295 g/mol. The fourth-order valence-corrected chi connectivity index (χ4v) is 2.03. The summed E-state index contributed by atoms with van der Waals surface area (Å²) < 4.78 is 4.51. The number of aryl methyl sites for hydroxylation is 1. The molecule has 0 bridgehead atoms. The molecule has 0 spiro atoms. The third-order valence-corrected chi connectivity index (χ3v) is 3.39. The molecule has 0 saturated heterocycles. The largest absolute Gasteiger partial charge is 0.309 e. The predicted octanol–water partition coefficient (Wildman–Crippen LogP) is -0.336. The minimum absolute atomic E-state index is 0.960. The number of unbranched alkanes of at least 4 members (excludes halogenated alkanes) is 2. The second kappa shape index (κ2) is 12.4. The number of imidazole rings is 1. The fourth-order valence-electron chi connectivity index (χ4n) is 2.03. The van der Waals surface area contributed by atoms with E-state index in [2.05, 4.69) is 57.3 Å². The second-order valence-corrected chi connectivity index (χ2v) is 5.40. The Bertz CT molecular complexity index is 372. The van der Waals surface area contributed by atoms with Crippen molar-refractivity contribution in [2.75, 3.05) is 26.2 Å². The van der Waals surface area contributed by atoms with E-state index in [0.29, 0.717) is 0 Å². The van der Waals surface area contributed by atoms with E-state index in [9.17, 15) is 0 Å². The summed E-state index contributed by atoms with van der Waals surface area (Å²) in [5, 5.41) is 6.71. The molecule has 0 aliphatic rings. The Morgan fingerprint density at radius 1 is 1.14 bits per heavy atom. The van der Waals surface area contributed by atoms with Gasteiger partial charge in [0.1, 0.15) is 18.9 Å². The van der Waals surface area contributed by atoms with Gasteiger partial charge in [-0.1, -0.05) is 26.7 Å². The van der Waals surface area contributed by atoms with E-state index in [1.165, 1.54) is 25.7 Å². The molecule has 1 aromatic rings. The van der Waals surface area contributed by atoms with Crippen LogP contribution in [0.4, 0.5) is 0 Å². The van der Waals surface area contributed by atoms with E-state index in [-0.39, 0.29) is 0 Å². The van der Waals surface area contributed by atoms with Gasteiger partial charge in [0.25, 0.3) is 0 Å². The fraction of sp³-hybridized carbons (Fsp3) is 0.750. The highest BCUT2D eigenvalue weighted by molar-refractivity contribution is 5.46. The maximum Gasteiger partial charge on any atom is 0.243 e. The van der Waals surface area contributed by atoms with Crippen LogP contribution in [-0.4, -0.2) is 37.1 Å². The highest BCUT2D eigenvalue weighted by Gasteiger charge is 2.02. The number of hydrogen-bond acceptors (Lipinski definition) is 1. The van der Waals surface area contributed by atoms with Crippen molar-refractivity contribution in [3.05, 3.63) is 18.7 Å². The van der Waals surface area contributed by atoms with Crippen molar-refractivity contribution >= 4 is 6.34 Å². The van der Waals surface area contributed by atoms with Gasteiger partial charge in [0.05, 0.1) is 19.6 Å². The Balaban J connectivity index is 1.96. The van der Waals surface area contributed by atoms with Crippen LogP contribution in [0.25, 0.3) is 0 Å². The van der Waals surface area contributed by atoms with E-state index in [1.54, 1.807) is 0 Å². The molecule has 1 rings (SSSR count). The van der Waals surface area contributed by atoms with Crippen molar-refractivity contribution in [3.8, 4) is 0 Å². The Hall–Kier alpha value is -1.36. The van der Waals surface area contributed by atoms with Crippen molar-refractivity contribution in [3.63, 3.8) is 0 Å². The van der Waals surface area contributed by atoms with Crippen LogP contribution in [-0.2, 0) is 13.1 Å². The first-order chi connectivity index (χ1) is 10.4. The van der Waals surface area contributed by atoms with Gasteiger partial charge >= 0.3 is 0 Å². The zero-order valence-electron chi connectivity index (χ0n) is 13.8. The lowest BCUT2D eigenvalue weighted by Crippen LogP contribution is -2.71. The molecule has 21 heavy (non-hydrogen) atoms. The smallest absolute Gasteiger partial charge is 0.243 e. The van der Waals surface area contributed by atoms with Crippen molar-refractivity contribution in [2.24, 2.45) is 0 Å². The lowest BCUT2D eigenvalue weighted by molar-refractivity contribution is -0.696. The van der Waals surface area contributed by atoms with E-state index in [4.69, 9.17) is 0 Å². The molecule has 0 radical (unpaired) electrons. The van der Waals surface area contributed by atoms with E-state index in [0.717, 1.165) is 39.3 Å². The van der Waals surface area contributed by atoms with Gasteiger partial charge in [-0.3, -0.25) is 10.3 Å².